The van der Waals surface area contributed by atoms with Crippen LogP contribution in [0.15, 0.2) is 0 Å². The highest BCUT2D eigenvalue weighted by atomic mass is 32.2. The van der Waals surface area contributed by atoms with Crippen molar-refractivity contribution in [2.24, 2.45) is 0 Å². The maximum Gasteiger partial charge on any atom is 0.150 e. The lowest BCUT2D eigenvalue weighted by Gasteiger charge is -2.36. The van der Waals surface area contributed by atoms with Crippen LogP contribution in [0.2, 0.25) is 0 Å². The molecule has 1 saturated heterocycles. The first-order valence-electron chi connectivity index (χ1n) is 6.28. The minimum Gasteiger partial charge on any atom is -0.306 e. The number of nitrogens with one attached hydrogen (secondary N) is 1. The van der Waals surface area contributed by atoms with Crippen molar-refractivity contribution < 1.29 is 8.42 Å². The molecule has 1 aliphatic heterocycles. The van der Waals surface area contributed by atoms with Crippen LogP contribution in [0.25, 0.3) is 0 Å². The molecule has 0 bridgehead atoms. The fourth-order valence-corrected chi connectivity index (χ4v) is 5.03. The summed E-state index contributed by atoms with van der Waals surface area (Å²) in [4.78, 5) is 5.85. The molecule has 2 rings (SSSR count). The fourth-order valence-electron chi connectivity index (χ4n) is 2.37. The zero-order valence-electron chi connectivity index (χ0n) is 11.1. The number of thiazole rings is 1. The highest BCUT2D eigenvalue weighted by Crippen LogP contribution is 2.37. The Labute approximate surface area is 113 Å². The van der Waals surface area contributed by atoms with Gasteiger partial charge in [-0.1, -0.05) is 6.92 Å². The van der Waals surface area contributed by atoms with E-state index in [-0.39, 0.29) is 17.0 Å². The van der Waals surface area contributed by atoms with Crippen molar-refractivity contribution in [3.63, 3.8) is 0 Å². The van der Waals surface area contributed by atoms with E-state index in [9.17, 15) is 8.42 Å². The Morgan fingerprint density at radius 2 is 1.94 bits per heavy atom. The third-order valence-electron chi connectivity index (χ3n) is 3.63. The van der Waals surface area contributed by atoms with Crippen molar-refractivity contribution in [3.05, 3.63) is 15.6 Å². The van der Waals surface area contributed by atoms with Gasteiger partial charge in [-0.15, -0.1) is 11.3 Å². The standard InChI is InChI=1S/C12H20N2O2S2/c1-4-13-12(5-7-18(15,16)8-6-12)11-14-9(2)10(3)17-11/h13H,4-8H2,1-3H3. The van der Waals surface area contributed by atoms with Gasteiger partial charge in [0.1, 0.15) is 14.8 Å². The molecule has 4 nitrogen and oxygen atoms in total. The molecule has 1 fully saturated rings. The van der Waals surface area contributed by atoms with Gasteiger partial charge in [0.15, 0.2) is 0 Å². The Balaban J connectivity index is 2.33. The summed E-state index contributed by atoms with van der Waals surface area (Å²) in [6, 6.07) is 0. The summed E-state index contributed by atoms with van der Waals surface area (Å²) in [6.07, 6.45) is 1.27. The summed E-state index contributed by atoms with van der Waals surface area (Å²) in [7, 11) is -2.85. The number of rotatable bonds is 3. The van der Waals surface area contributed by atoms with E-state index in [1.54, 1.807) is 11.3 Å². The number of aromatic nitrogens is 1. The van der Waals surface area contributed by atoms with Gasteiger partial charge >= 0.3 is 0 Å². The topological polar surface area (TPSA) is 59.1 Å². The lowest BCUT2D eigenvalue weighted by molar-refractivity contribution is 0.305. The first-order chi connectivity index (χ1) is 8.38. The Morgan fingerprint density at radius 1 is 1.33 bits per heavy atom. The van der Waals surface area contributed by atoms with Gasteiger partial charge in [0.2, 0.25) is 0 Å². The average molecular weight is 288 g/mol. The summed E-state index contributed by atoms with van der Waals surface area (Å²) in [5, 5.41) is 4.53. The third-order valence-corrected chi connectivity index (χ3v) is 6.56. The van der Waals surface area contributed by atoms with Gasteiger partial charge in [-0.2, -0.15) is 0 Å². The van der Waals surface area contributed by atoms with Crippen LogP contribution in [0.4, 0.5) is 0 Å². The minimum atomic E-state index is -2.85. The van der Waals surface area contributed by atoms with E-state index in [1.165, 1.54) is 4.88 Å². The number of aryl methyl sites for hydroxylation is 2. The molecule has 0 saturated carbocycles. The maximum atomic E-state index is 11.6. The normalized spacial score (nSPS) is 21.9. The van der Waals surface area contributed by atoms with Gasteiger partial charge in [0.25, 0.3) is 0 Å². The molecule has 0 aliphatic carbocycles. The van der Waals surface area contributed by atoms with Crippen LogP contribution in [0, 0.1) is 13.8 Å². The lowest BCUT2D eigenvalue weighted by atomic mass is 9.93. The Kier molecular flexibility index (Phi) is 3.80. The van der Waals surface area contributed by atoms with Crippen molar-refractivity contribution in [1.29, 1.82) is 0 Å². The van der Waals surface area contributed by atoms with Crippen molar-refractivity contribution in [1.82, 2.24) is 10.3 Å². The molecule has 2 heterocycles. The van der Waals surface area contributed by atoms with Crippen molar-refractivity contribution >= 4 is 21.2 Å². The quantitative estimate of drug-likeness (QED) is 0.921. The highest BCUT2D eigenvalue weighted by molar-refractivity contribution is 7.91. The Morgan fingerprint density at radius 3 is 2.39 bits per heavy atom. The molecule has 1 aromatic rings. The van der Waals surface area contributed by atoms with Crippen molar-refractivity contribution in [2.75, 3.05) is 18.1 Å². The fraction of sp³-hybridized carbons (Fsp3) is 0.750. The van der Waals surface area contributed by atoms with Gasteiger partial charge in [0.05, 0.1) is 22.7 Å². The molecular weight excluding hydrogens is 268 g/mol. The smallest absolute Gasteiger partial charge is 0.150 e. The van der Waals surface area contributed by atoms with Crippen LogP contribution >= 0.6 is 11.3 Å². The first-order valence-corrected chi connectivity index (χ1v) is 8.92. The van der Waals surface area contributed by atoms with Crippen LogP contribution in [0.1, 0.15) is 35.3 Å². The molecule has 6 heteroatoms. The molecule has 1 N–H and O–H groups in total. The Bertz CT molecular complexity index is 501. The largest absolute Gasteiger partial charge is 0.306 e. The predicted octanol–water partition coefficient (Wildman–Crippen LogP) is 1.77. The molecule has 0 radical (unpaired) electrons. The minimum absolute atomic E-state index is 0.232. The first kappa shape index (κ1) is 14.0. The summed E-state index contributed by atoms with van der Waals surface area (Å²) < 4.78 is 23.2. The molecule has 1 aromatic heterocycles. The van der Waals surface area contributed by atoms with Gasteiger partial charge in [-0.3, -0.25) is 0 Å². The zero-order chi connectivity index (χ0) is 13.4. The molecule has 0 spiro atoms. The monoisotopic (exact) mass is 288 g/mol. The van der Waals surface area contributed by atoms with E-state index in [0.717, 1.165) is 17.2 Å². The average Bonchev–Trinajstić information content (AvgIpc) is 2.64. The summed E-state index contributed by atoms with van der Waals surface area (Å²) in [5.41, 5.74) is 0.824. The molecular formula is C12H20N2O2S2. The molecule has 0 unspecified atom stereocenters. The molecule has 102 valence electrons. The predicted molar refractivity (Wildman–Crippen MR) is 74.8 cm³/mol. The van der Waals surface area contributed by atoms with Crippen LogP contribution < -0.4 is 5.32 Å². The van der Waals surface area contributed by atoms with E-state index in [2.05, 4.69) is 24.1 Å². The molecule has 0 atom stereocenters. The van der Waals surface area contributed by atoms with Gasteiger partial charge in [0, 0.05) is 4.88 Å². The number of sulfone groups is 1. The molecule has 0 aromatic carbocycles. The summed E-state index contributed by atoms with van der Waals surface area (Å²) in [6.45, 7) is 6.96. The van der Waals surface area contributed by atoms with Gasteiger partial charge < -0.3 is 5.32 Å². The van der Waals surface area contributed by atoms with E-state index in [1.807, 2.05) is 6.92 Å². The second kappa shape index (κ2) is 4.90. The van der Waals surface area contributed by atoms with Crippen LogP contribution in [-0.2, 0) is 15.4 Å². The van der Waals surface area contributed by atoms with Gasteiger partial charge in [-0.05, 0) is 33.2 Å². The number of nitrogens with zero attached hydrogens (tertiary/aromatic N) is 1. The number of hydrogen-bond donors (Lipinski definition) is 1. The van der Waals surface area contributed by atoms with E-state index >= 15 is 0 Å². The van der Waals surface area contributed by atoms with Gasteiger partial charge in [-0.25, -0.2) is 13.4 Å². The molecule has 1 aliphatic rings. The van der Waals surface area contributed by atoms with Crippen LogP contribution in [0.5, 0.6) is 0 Å². The summed E-state index contributed by atoms with van der Waals surface area (Å²) >= 11 is 1.69. The van der Waals surface area contributed by atoms with Crippen molar-refractivity contribution in [3.8, 4) is 0 Å². The SMILES string of the molecule is CCNC1(c2nc(C)c(C)s2)CCS(=O)(=O)CC1. The number of hydrogen-bond acceptors (Lipinski definition) is 5. The van der Waals surface area contributed by atoms with Crippen LogP contribution in [-0.4, -0.2) is 31.5 Å². The van der Waals surface area contributed by atoms with Crippen molar-refractivity contribution in [2.45, 2.75) is 39.2 Å². The van der Waals surface area contributed by atoms with E-state index in [0.29, 0.717) is 12.8 Å². The summed E-state index contributed by atoms with van der Waals surface area (Å²) in [5.74, 6) is 0.523. The third kappa shape index (κ3) is 2.60. The second-order valence-corrected chi connectivity index (χ2v) is 8.43. The highest BCUT2D eigenvalue weighted by Gasteiger charge is 2.40. The Hall–Kier alpha value is -0.460. The van der Waals surface area contributed by atoms with E-state index in [4.69, 9.17) is 0 Å². The maximum absolute atomic E-state index is 11.6. The molecule has 0 amide bonds. The van der Waals surface area contributed by atoms with E-state index < -0.39 is 9.84 Å². The molecule has 18 heavy (non-hydrogen) atoms. The lowest BCUT2D eigenvalue weighted by Crippen LogP contribution is -2.48. The van der Waals surface area contributed by atoms with Crippen LogP contribution in [0.3, 0.4) is 0 Å². The second-order valence-electron chi connectivity index (χ2n) is 4.92. The zero-order valence-corrected chi connectivity index (χ0v) is 12.7.